The van der Waals surface area contributed by atoms with Crippen molar-refractivity contribution < 1.29 is 13.9 Å². The summed E-state index contributed by atoms with van der Waals surface area (Å²) >= 11 is 3.33. The topological polar surface area (TPSA) is 80.9 Å². The first-order valence-electron chi connectivity index (χ1n) is 7.35. The van der Waals surface area contributed by atoms with Gasteiger partial charge in [-0.2, -0.15) is 5.10 Å². The van der Waals surface area contributed by atoms with Crippen molar-refractivity contribution in [2.45, 2.75) is 0 Å². The van der Waals surface area contributed by atoms with Crippen molar-refractivity contribution in [2.75, 3.05) is 6.61 Å². The maximum atomic E-state index is 12.3. The summed E-state index contributed by atoms with van der Waals surface area (Å²) in [6.07, 6.45) is 2.55. The summed E-state index contributed by atoms with van der Waals surface area (Å²) in [5.74, 6) is 0.106. The van der Waals surface area contributed by atoms with E-state index in [9.17, 15) is 9.59 Å². The molecule has 2 aromatic carbocycles. The van der Waals surface area contributed by atoms with E-state index >= 15 is 0 Å². The molecular weight excluding hydrogens is 388 g/mol. The van der Waals surface area contributed by atoms with E-state index in [2.05, 4.69) is 26.5 Å². The lowest BCUT2D eigenvalue weighted by molar-refractivity contribution is -0.123. The van der Waals surface area contributed by atoms with Gasteiger partial charge in [-0.05, 0) is 40.2 Å². The van der Waals surface area contributed by atoms with Gasteiger partial charge < -0.3 is 9.15 Å². The zero-order valence-electron chi connectivity index (χ0n) is 12.9. The van der Waals surface area contributed by atoms with Gasteiger partial charge >= 0.3 is 0 Å². The Morgan fingerprint density at radius 1 is 1.20 bits per heavy atom. The van der Waals surface area contributed by atoms with E-state index in [0.717, 1.165) is 4.47 Å². The molecule has 3 rings (SSSR count). The Bertz CT molecular complexity index is 998. The number of para-hydroxylation sites is 2. The second-order valence-corrected chi connectivity index (χ2v) is 5.88. The van der Waals surface area contributed by atoms with Crippen LogP contribution in [0, 0.1) is 0 Å². The molecule has 3 aromatic rings. The number of carbonyl (C=O) groups excluding carboxylic acids is 1. The molecule has 0 saturated heterocycles. The van der Waals surface area contributed by atoms with Gasteiger partial charge in [-0.3, -0.25) is 9.59 Å². The predicted molar refractivity (Wildman–Crippen MR) is 97.9 cm³/mol. The second kappa shape index (κ2) is 7.76. The lowest BCUT2D eigenvalue weighted by Crippen LogP contribution is -2.25. The second-order valence-electron chi connectivity index (χ2n) is 5.03. The zero-order chi connectivity index (χ0) is 17.6. The molecule has 0 aliphatic carbocycles. The number of hydrogen-bond donors (Lipinski definition) is 1. The van der Waals surface area contributed by atoms with Crippen LogP contribution in [0.15, 0.2) is 73.6 Å². The highest BCUT2D eigenvalue weighted by molar-refractivity contribution is 9.10. The van der Waals surface area contributed by atoms with Crippen LogP contribution in [0.25, 0.3) is 11.0 Å². The lowest BCUT2D eigenvalue weighted by Gasteiger charge is -2.06. The normalized spacial score (nSPS) is 10.9. The molecule has 6 nitrogen and oxygen atoms in total. The Morgan fingerprint density at radius 3 is 2.80 bits per heavy atom. The Hall–Kier alpha value is -2.93. The van der Waals surface area contributed by atoms with Crippen molar-refractivity contribution >= 4 is 39.0 Å². The summed E-state index contributed by atoms with van der Waals surface area (Å²) in [6, 6.07) is 14.1. The van der Waals surface area contributed by atoms with Crippen LogP contribution in [0.1, 0.15) is 5.56 Å². The summed E-state index contributed by atoms with van der Waals surface area (Å²) in [6.45, 7) is -0.202. The Morgan fingerprint density at radius 2 is 1.96 bits per heavy atom. The minimum atomic E-state index is -0.447. The highest BCUT2D eigenvalue weighted by Crippen LogP contribution is 2.23. The standard InChI is InChI=1S/C18H13BrN2O4/c19-14-6-2-4-8-16(14)25-11-17(22)21-20-9-12-10-24-15-7-3-1-5-13(15)18(12)23/h1-10H,11H2,(H,21,22). The van der Waals surface area contributed by atoms with E-state index < -0.39 is 5.91 Å². The summed E-state index contributed by atoms with van der Waals surface area (Å²) < 4.78 is 11.5. The first-order valence-corrected chi connectivity index (χ1v) is 8.14. The van der Waals surface area contributed by atoms with Crippen LogP contribution in [0.4, 0.5) is 0 Å². The largest absolute Gasteiger partial charge is 0.483 e. The number of benzene rings is 2. The fourth-order valence-corrected chi connectivity index (χ4v) is 2.49. The minimum Gasteiger partial charge on any atom is -0.483 e. The van der Waals surface area contributed by atoms with Gasteiger partial charge in [0.25, 0.3) is 5.91 Å². The van der Waals surface area contributed by atoms with Gasteiger partial charge in [-0.15, -0.1) is 0 Å². The van der Waals surface area contributed by atoms with Crippen LogP contribution in [0.5, 0.6) is 5.75 Å². The van der Waals surface area contributed by atoms with Crippen LogP contribution in [0.3, 0.4) is 0 Å². The molecule has 1 heterocycles. The van der Waals surface area contributed by atoms with Crippen molar-refractivity contribution in [3.63, 3.8) is 0 Å². The Kier molecular flexibility index (Phi) is 5.25. The highest BCUT2D eigenvalue weighted by Gasteiger charge is 2.06. The van der Waals surface area contributed by atoms with Crippen LogP contribution in [-0.2, 0) is 4.79 Å². The quantitative estimate of drug-likeness (QED) is 0.526. The van der Waals surface area contributed by atoms with Crippen LogP contribution >= 0.6 is 15.9 Å². The number of fused-ring (bicyclic) bond motifs is 1. The molecule has 25 heavy (non-hydrogen) atoms. The van der Waals surface area contributed by atoms with Crippen LogP contribution in [-0.4, -0.2) is 18.7 Å². The molecule has 0 aliphatic heterocycles. The Balaban J connectivity index is 1.61. The summed E-state index contributed by atoms with van der Waals surface area (Å²) in [7, 11) is 0. The third-order valence-electron chi connectivity index (χ3n) is 3.30. The van der Waals surface area contributed by atoms with Crippen molar-refractivity contribution in [1.29, 1.82) is 0 Å². The molecule has 1 amide bonds. The van der Waals surface area contributed by atoms with Crippen LogP contribution < -0.4 is 15.6 Å². The fraction of sp³-hybridized carbons (Fsp3) is 0.0556. The lowest BCUT2D eigenvalue weighted by atomic mass is 10.2. The number of halogens is 1. The van der Waals surface area contributed by atoms with Gasteiger partial charge in [0.15, 0.2) is 6.61 Å². The molecule has 1 N–H and O–H groups in total. The van der Waals surface area contributed by atoms with Gasteiger partial charge in [0.05, 0.1) is 21.6 Å². The molecule has 1 aromatic heterocycles. The van der Waals surface area contributed by atoms with E-state index in [0.29, 0.717) is 16.7 Å². The number of amides is 1. The zero-order valence-corrected chi connectivity index (χ0v) is 14.5. The first-order chi connectivity index (χ1) is 12.1. The maximum Gasteiger partial charge on any atom is 0.277 e. The number of ether oxygens (including phenoxy) is 1. The van der Waals surface area contributed by atoms with Gasteiger partial charge in [-0.25, -0.2) is 5.43 Å². The minimum absolute atomic E-state index is 0.202. The summed E-state index contributed by atoms with van der Waals surface area (Å²) in [4.78, 5) is 24.0. The number of nitrogens with one attached hydrogen (secondary N) is 1. The van der Waals surface area contributed by atoms with Crippen molar-refractivity contribution in [3.05, 3.63) is 75.1 Å². The average Bonchev–Trinajstić information content (AvgIpc) is 2.63. The van der Waals surface area contributed by atoms with Crippen molar-refractivity contribution in [2.24, 2.45) is 5.10 Å². The number of hydrogen-bond acceptors (Lipinski definition) is 5. The molecule has 0 aliphatic rings. The smallest absolute Gasteiger partial charge is 0.277 e. The summed E-state index contributed by atoms with van der Waals surface area (Å²) in [5.41, 5.74) is 2.82. The van der Waals surface area contributed by atoms with E-state index in [-0.39, 0.29) is 17.6 Å². The molecule has 126 valence electrons. The van der Waals surface area contributed by atoms with Gasteiger partial charge in [0.2, 0.25) is 5.43 Å². The van der Waals surface area contributed by atoms with E-state index in [1.54, 1.807) is 36.4 Å². The highest BCUT2D eigenvalue weighted by atomic mass is 79.9. The number of carbonyl (C=O) groups is 1. The molecular formula is C18H13BrN2O4. The molecule has 7 heteroatoms. The SMILES string of the molecule is O=C(COc1ccccc1Br)NN=Cc1coc2ccccc2c1=O. The molecule has 0 unspecified atom stereocenters. The fourth-order valence-electron chi connectivity index (χ4n) is 2.09. The molecule has 0 fully saturated rings. The van der Waals surface area contributed by atoms with E-state index in [1.165, 1.54) is 12.5 Å². The summed E-state index contributed by atoms with van der Waals surface area (Å²) in [5, 5.41) is 4.22. The van der Waals surface area contributed by atoms with E-state index in [4.69, 9.17) is 9.15 Å². The molecule has 0 spiro atoms. The van der Waals surface area contributed by atoms with Crippen LogP contribution in [0.2, 0.25) is 0 Å². The van der Waals surface area contributed by atoms with Gasteiger partial charge in [0, 0.05) is 0 Å². The first kappa shape index (κ1) is 16.9. The Labute approximate surface area is 151 Å². The predicted octanol–water partition coefficient (Wildman–Crippen LogP) is 3.08. The van der Waals surface area contributed by atoms with Crippen molar-refractivity contribution in [3.8, 4) is 5.75 Å². The van der Waals surface area contributed by atoms with Gasteiger partial charge in [-0.1, -0.05) is 24.3 Å². The number of nitrogens with zero attached hydrogens (tertiary/aromatic N) is 1. The number of hydrazone groups is 1. The molecule has 0 bridgehead atoms. The van der Waals surface area contributed by atoms with Gasteiger partial charge in [0.1, 0.15) is 17.6 Å². The van der Waals surface area contributed by atoms with Crippen molar-refractivity contribution in [1.82, 2.24) is 5.43 Å². The monoisotopic (exact) mass is 400 g/mol. The number of rotatable bonds is 5. The maximum absolute atomic E-state index is 12.3. The molecule has 0 atom stereocenters. The molecule has 0 saturated carbocycles. The third-order valence-corrected chi connectivity index (χ3v) is 3.95. The van der Waals surface area contributed by atoms with E-state index in [1.807, 2.05) is 12.1 Å². The molecule has 0 radical (unpaired) electrons. The average molecular weight is 401 g/mol. The third kappa shape index (κ3) is 4.13.